The average molecular weight is 526 g/mol. The summed E-state index contributed by atoms with van der Waals surface area (Å²) in [4.78, 5) is 32.0. The molecule has 0 bridgehead atoms. The van der Waals surface area contributed by atoms with Crippen molar-refractivity contribution in [3.8, 4) is 17.2 Å². The molecule has 1 aliphatic carbocycles. The van der Waals surface area contributed by atoms with Crippen molar-refractivity contribution in [3.05, 3.63) is 101 Å². The second-order valence-electron chi connectivity index (χ2n) is 9.79. The number of ketones is 1. The van der Waals surface area contributed by atoms with Crippen LogP contribution in [0.5, 0.6) is 17.2 Å². The summed E-state index contributed by atoms with van der Waals surface area (Å²) in [5.74, 6) is -0.246. The van der Waals surface area contributed by atoms with Gasteiger partial charge in [-0.1, -0.05) is 42.5 Å². The van der Waals surface area contributed by atoms with Gasteiger partial charge >= 0.3 is 5.97 Å². The molecule has 7 heteroatoms. The number of rotatable bonds is 8. The minimum atomic E-state index is -0.758. The molecule has 0 amide bonds. The molecule has 1 heterocycles. The number of phenolic OH excluding ortho intramolecular Hbond substituents is 1. The van der Waals surface area contributed by atoms with Crippen LogP contribution in [0.3, 0.4) is 0 Å². The van der Waals surface area contributed by atoms with Crippen molar-refractivity contribution in [2.24, 2.45) is 10.9 Å². The molecule has 0 fully saturated rings. The Morgan fingerprint density at radius 1 is 0.897 bits per heavy atom. The number of allylic oxidation sites excluding steroid dienone is 2. The Balaban J connectivity index is 1.40. The topological polar surface area (TPSA) is 94.4 Å². The molecular formula is C32H31NO6. The van der Waals surface area contributed by atoms with Crippen LogP contribution in [-0.2, 0) is 14.3 Å². The van der Waals surface area contributed by atoms with Gasteiger partial charge in [0.15, 0.2) is 5.78 Å². The normalized spacial score (nSPS) is 20.6. The zero-order valence-corrected chi connectivity index (χ0v) is 22.0. The number of para-hydroxylation sites is 1. The van der Waals surface area contributed by atoms with E-state index in [1.807, 2.05) is 61.5 Å². The lowest BCUT2D eigenvalue weighted by molar-refractivity contribution is -0.147. The molecule has 1 N–H and O–H groups in total. The molecule has 3 aromatic carbocycles. The minimum Gasteiger partial charge on any atom is -0.508 e. The molecule has 0 aromatic heterocycles. The molecule has 0 saturated carbocycles. The van der Waals surface area contributed by atoms with E-state index in [0.717, 1.165) is 16.9 Å². The highest BCUT2D eigenvalue weighted by Gasteiger charge is 2.44. The number of esters is 1. The number of phenols is 1. The molecule has 3 aromatic rings. The van der Waals surface area contributed by atoms with Gasteiger partial charge < -0.3 is 19.3 Å². The van der Waals surface area contributed by atoms with Gasteiger partial charge in [0.05, 0.1) is 7.11 Å². The van der Waals surface area contributed by atoms with Crippen molar-refractivity contribution in [3.63, 3.8) is 0 Å². The van der Waals surface area contributed by atoms with E-state index in [9.17, 15) is 14.7 Å². The molecule has 200 valence electrons. The van der Waals surface area contributed by atoms with Crippen LogP contribution in [-0.4, -0.2) is 42.9 Å². The fraction of sp³-hybridized carbons (Fsp3) is 0.281. The van der Waals surface area contributed by atoms with Gasteiger partial charge in [-0.25, -0.2) is 0 Å². The summed E-state index contributed by atoms with van der Waals surface area (Å²) < 4.78 is 16.6. The molecule has 1 unspecified atom stereocenters. The number of carbonyl (C=O) groups excluding carboxylic acids is 2. The second kappa shape index (κ2) is 11.6. The SMILES string of the molecule is COc1ccc([C@@H]2CC(=O)C3=C(C2)N=C(C)C(C(=O)OCCOc2ccccc2)[C@H]3c2ccc(O)cc2)cc1. The monoisotopic (exact) mass is 525 g/mol. The van der Waals surface area contributed by atoms with Crippen molar-refractivity contribution in [1.82, 2.24) is 0 Å². The van der Waals surface area contributed by atoms with Gasteiger partial charge in [0.25, 0.3) is 0 Å². The zero-order chi connectivity index (χ0) is 27.4. The first-order valence-electron chi connectivity index (χ1n) is 13.0. The Bertz CT molecular complexity index is 1390. The highest BCUT2D eigenvalue weighted by molar-refractivity contribution is 6.09. The first-order valence-corrected chi connectivity index (χ1v) is 13.0. The summed E-state index contributed by atoms with van der Waals surface area (Å²) in [6.45, 7) is 2.09. The summed E-state index contributed by atoms with van der Waals surface area (Å²) in [6.07, 6.45) is 0.910. The number of hydrogen-bond donors (Lipinski definition) is 1. The highest BCUT2D eigenvalue weighted by atomic mass is 16.6. The number of carbonyl (C=O) groups is 2. The Labute approximate surface area is 227 Å². The Morgan fingerprint density at radius 3 is 2.28 bits per heavy atom. The maximum atomic E-state index is 13.7. The zero-order valence-electron chi connectivity index (χ0n) is 22.0. The standard InChI is InChI=1S/C32H31NO6/c1-20-29(32(36)39-17-16-38-26-6-4-3-5-7-26)30(22-8-12-24(34)13-9-22)31-27(33-20)18-23(19-28(31)35)21-10-14-25(37-2)15-11-21/h3-15,23,29-30,34H,16-19H2,1-2H3/t23-,29?,30+/m0/s1. The number of methoxy groups -OCH3 is 1. The number of hydrogen-bond acceptors (Lipinski definition) is 7. The van der Waals surface area contributed by atoms with E-state index in [-0.39, 0.29) is 30.7 Å². The van der Waals surface area contributed by atoms with E-state index in [2.05, 4.69) is 0 Å². The van der Waals surface area contributed by atoms with E-state index in [0.29, 0.717) is 35.6 Å². The van der Waals surface area contributed by atoms with Crippen LogP contribution in [0.2, 0.25) is 0 Å². The average Bonchev–Trinajstić information content (AvgIpc) is 2.95. The number of Topliss-reactive ketones (excluding diaryl/α,β-unsaturated/α-hetero) is 1. The van der Waals surface area contributed by atoms with E-state index in [4.69, 9.17) is 19.2 Å². The number of nitrogens with zero attached hydrogens (tertiary/aromatic N) is 1. The third-order valence-electron chi connectivity index (χ3n) is 7.32. The van der Waals surface area contributed by atoms with Gasteiger partial charge in [-0.2, -0.15) is 0 Å². The maximum Gasteiger partial charge on any atom is 0.315 e. The number of benzene rings is 3. The van der Waals surface area contributed by atoms with E-state index >= 15 is 0 Å². The molecule has 0 radical (unpaired) electrons. The van der Waals surface area contributed by atoms with Gasteiger partial charge in [-0.05, 0) is 66.8 Å². The summed E-state index contributed by atoms with van der Waals surface area (Å²) in [5, 5.41) is 9.88. The minimum absolute atomic E-state index is 0.0159. The molecule has 5 rings (SSSR count). The van der Waals surface area contributed by atoms with Crippen LogP contribution in [0.4, 0.5) is 0 Å². The summed E-state index contributed by atoms with van der Waals surface area (Å²) in [6, 6.07) is 23.7. The predicted octanol–water partition coefficient (Wildman–Crippen LogP) is 5.60. The van der Waals surface area contributed by atoms with Crippen molar-refractivity contribution in [2.75, 3.05) is 20.3 Å². The van der Waals surface area contributed by atoms with Crippen LogP contribution < -0.4 is 9.47 Å². The Hall–Kier alpha value is -4.39. The molecular weight excluding hydrogens is 494 g/mol. The maximum absolute atomic E-state index is 13.7. The quantitative estimate of drug-likeness (QED) is 0.304. The first-order chi connectivity index (χ1) is 18.9. The van der Waals surface area contributed by atoms with E-state index in [1.54, 1.807) is 31.4 Å². The fourth-order valence-electron chi connectivity index (χ4n) is 5.43. The van der Waals surface area contributed by atoms with E-state index in [1.165, 1.54) is 0 Å². The fourth-order valence-corrected chi connectivity index (χ4v) is 5.43. The lowest BCUT2D eigenvalue weighted by Crippen LogP contribution is -2.38. The van der Waals surface area contributed by atoms with Gasteiger partial charge in [-0.3, -0.25) is 14.6 Å². The lowest BCUT2D eigenvalue weighted by atomic mass is 9.69. The van der Waals surface area contributed by atoms with E-state index < -0.39 is 17.8 Å². The highest BCUT2D eigenvalue weighted by Crippen LogP contribution is 2.47. The van der Waals surface area contributed by atoms with Crippen molar-refractivity contribution < 1.29 is 28.9 Å². The van der Waals surface area contributed by atoms with Crippen molar-refractivity contribution in [2.45, 2.75) is 31.6 Å². The molecule has 7 nitrogen and oxygen atoms in total. The van der Waals surface area contributed by atoms with Crippen molar-refractivity contribution in [1.29, 1.82) is 0 Å². The van der Waals surface area contributed by atoms with Crippen LogP contribution in [0.15, 0.2) is 95.1 Å². The van der Waals surface area contributed by atoms with Crippen LogP contribution in [0, 0.1) is 5.92 Å². The van der Waals surface area contributed by atoms with Gasteiger partial charge in [0.2, 0.25) is 0 Å². The van der Waals surface area contributed by atoms with Crippen LogP contribution in [0.25, 0.3) is 0 Å². The van der Waals surface area contributed by atoms with Gasteiger partial charge in [0.1, 0.15) is 36.4 Å². The third kappa shape index (κ3) is 5.72. The van der Waals surface area contributed by atoms with Crippen LogP contribution in [0.1, 0.15) is 42.7 Å². The summed E-state index contributed by atoms with van der Waals surface area (Å²) in [5.41, 5.74) is 3.67. The molecule has 39 heavy (non-hydrogen) atoms. The number of aliphatic imine (C=N–C) groups is 1. The van der Waals surface area contributed by atoms with Crippen molar-refractivity contribution >= 4 is 17.5 Å². The molecule has 2 aliphatic rings. The molecule has 0 spiro atoms. The molecule has 0 saturated heterocycles. The first kappa shape index (κ1) is 26.2. The number of ether oxygens (including phenoxy) is 3. The second-order valence-corrected chi connectivity index (χ2v) is 9.79. The van der Waals surface area contributed by atoms with Crippen LogP contribution >= 0.6 is 0 Å². The Morgan fingerprint density at radius 2 is 1.59 bits per heavy atom. The Kier molecular flexibility index (Phi) is 7.77. The summed E-state index contributed by atoms with van der Waals surface area (Å²) >= 11 is 0. The lowest BCUT2D eigenvalue weighted by Gasteiger charge is -2.36. The summed E-state index contributed by atoms with van der Waals surface area (Å²) in [7, 11) is 1.62. The smallest absolute Gasteiger partial charge is 0.315 e. The van der Waals surface area contributed by atoms with Gasteiger partial charge in [0, 0.05) is 29.3 Å². The van der Waals surface area contributed by atoms with Gasteiger partial charge in [-0.15, -0.1) is 0 Å². The predicted molar refractivity (Wildman–Crippen MR) is 147 cm³/mol. The largest absolute Gasteiger partial charge is 0.508 e. The molecule has 1 aliphatic heterocycles. The number of aromatic hydroxyl groups is 1. The molecule has 3 atom stereocenters. The third-order valence-corrected chi connectivity index (χ3v) is 7.32.